The Hall–Kier alpha value is -3.11. The maximum Gasteiger partial charge on any atom is 0.235 e. The molecule has 1 aromatic rings. The average Bonchev–Trinajstić information content (AvgIpc) is 3.20. The quantitative estimate of drug-likeness (QED) is 0.519. The number of aliphatic hydroxyl groups is 1. The van der Waals surface area contributed by atoms with Crippen LogP contribution in [0.3, 0.4) is 0 Å². The molecule has 1 aromatic carbocycles. The Labute approximate surface area is 204 Å². The SMILES string of the molecule is CC1N=CSC1/C=C/c1ccc(O)c2c1C[C@H]1C[C@H]3CC(=O)C(C(N)=O)C(=O)[C@@]3(O)C(=O)C1C2=O. The Morgan fingerprint density at radius 2 is 1.94 bits per heavy atom. The van der Waals surface area contributed by atoms with Gasteiger partial charge in [0.25, 0.3) is 0 Å². The molecule has 0 bridgehead atoms. The lowest BCUT2D eigenvalue weighted by Gasteiger charge is -2.48. The Kier molecular flexibility index (Phi) is 5.56. The molecule has 1 amide bonds. The Balaban J connectivity index is 1.53. The molecule has 2 fully saturated rings. The summed E-state index contributed by atoms with van der Waals surface area (Å²) in [6, 6.07) is 3.20. The smallest absolute Gasteiger partial charge is 0.235 e. The van der Waals surface area contributed by atoms with Crippen LogP contribution in [0.4, 0.5) is 0 Å². The lowest BCUT2D eigenvalue weighted by molar-refractivity contribution is -0.175. The van der Waals surface area contributed by atoms with Crippen LogP contribution in [0.25, 0.3) is 6.08 Å². The largest absolute Gasteiger partial charge is 0.507 e. The number of phenols is 1. The van der Waals surface area contributed by atoms with Crippen LogP contribution in [0.2, 0.25) is 0 Å². The van der Waals surface area contributed by atoms with Gasteiger partial charge in [0.1, 0.15) is 5.75 Å². The number of aromatic hydroxyl groups is 1. The first-order chi connectivity index (χ1) is 16.6. The summed E-state index contributed by atoms with van der Waals surface area (Å²) in [6.45, 7) is 2.00. The van der Waals surface area contributed by atoms with Gasteiger partial charge in [-0.25, -0.2) is 0 Å². The van der Waals surface area contributed by atoms with Crippen molar-refractivity contribution in [3.8, 4) is 5.75 Å². The summed E-state index contributed by atoms with van der Waals surface area (Å²) in [5.41, 5.74) is 5.67. The van der Waals surface area contributed by atoms with Crippen molar-refractivity contribution in [2.45, 2.75) is 43.1 Å². The summed E-state index contributed by atoms with van der Waals surface area (Å²) >= 11 is 1.58. The third-order valence-corrected chi connectivity index (χ3v) is 8.89. The van der Waals surface area contributed by atoms with Crippen LogP contribution in [0.5, 0.6) is 5.75 Å². The Morgan fingerprint density at radius 1 is 1.20 bits per heavy atom. The zero-order valence-electron chi connectivity index (χ0n) is 18.8. The molecule has 5 rings (SSSR count). The molecule has 1 aliphatic heterocycles. The molecule has 0 saturated heterocycles. The molecular formula is C25H24N2O7S. The number of thioether (sulfide) groups is 1. The molecule has 4 N–H and O–H groups in total. The predicted octanol–water partition coefficient (Wildman–Crippen LogP) is 0.872. The Bertz CT molecular complexity index is 1250. The fraction of sp³-hybridized carbons (Fsp3) is 0.440. The lowest BCUT2D eigenvalue weighted by atomic mass is 9.53. The number of phenolic OH excluding ortho intramolecular Hbond substituents is 1. The normalized spacial score (nSPS) is 36.3. The van der Waals surface area contributed by atoms with Crippen molar-refractivity contribution in [3.05, 3.63) is 34.9 Å². The number of carbonyl (C=O) groups excluding carboxylic acids is 5. The molecule has 4 aliphatic rings. The van der Waals surface area contributed by atoms with Crippen LogP contribution >= 0.6 is 11.8 Å². The third-order valence-electron chi connectivity index (χ3n) is 7.78. The van der Waals surface area contributed by atoms with Crippen LogP contribution < -0.4 is 5.73 Å². The molecule has 1 heterocycles. The number of amides is 1. The summed E-state index contributed by atoms with van der Waals surface area (Å²) in [5, 5.41) is 21.9. The number of aliphatic imine (C=N–C) groups is 1. The molecule has 9 nitrogen and oxygen atoms in total. The minimum Gasteiger partial charge on any atom is -0.507 e. The molecule has 0 spiro atoms. The summed E-state index contributed by atoms with van der Waals surface area (Å²) in [6.07, 6.45) is 3.84. The third kappa shape index (κ3) is 3.41. The average molecular weight is 497 g/mol. The van der Waals surface area contributed by atoms with Gasteiger partial charge in [-0.05, 0) is 42.9 Å². The van der Waals surface area contributed by atoms with E-state index >= 15 is 0 Å². The molecule has 10 heteroatoms. The number of Topliss-reactive ketones (excluding diaryl/α,β-unsaturated/α-hetero) is 4. The van der Waals surface area contributed by atoms with Crippen molar-refractivity contribution in [2.75, 3.05) is 0 Å². The number of nitrogens with zero attached hydrogens (tertiary/aromatic N) is 1. The number of nitrogens with two attached hydrogens (primary N) is 1. The summed E-state index contributed by atoms with van der Waals surface area (Å²) < 4.78 is 0. The van der Waals surface area contributed by atoms with Gasteiger partial charge in [0, 0.05) is 12.3 Å². The van der Waals surface area contributed by atoms with E-state index in [9.17, 15) is 34.2 Å². The fourth-order valence-corrected chi connectivity index (χ4v) is 6.82. The van der Waals surface area contributed by atoms with Gasteiger partial charge in [-0.2, -0.15) is 0 Å². The van der Waals surface area contributed by atoms with E-state index in [1.807, 2.05) is 19.1 Å². The minimum absolute atomic E-state index is 0.00189. The van der Waals surface area contributed by atoms with Gasteiger partial charge in [-0.1, -0.05) is 18.2 Å². The number of rotatable bonds is 3. The second kappa shape index (κ2) is 8.23. The van der Waals surface area contributed by atoms with Crippen molar-refractivity contribution in [2.24, 2.45) is 34.4 Å². The van der Waals surface area contributed by atoms with E-state index in [2.05, 4.69) is 4.99 Å². The van der Waals surface area contributed by atoms with E-state index in [0.29, 0.717) is 5.56 Å². The van der Waals surface area contributed by atoms with Crippen molar-refractivity contribution in [3.63, 3.8) is 0 Å². The maximum absolute atomic E-state index is 13.5. The highest BCUT2D eigenvalue weighted by Crippen LogP contribution is 2.50. The topological polar surface area (TPSA) is 164 Å². The number of carbonyl (C=O) groups is 5. The number of benzene rings is 1. The van der Waals surface area contributed by atoms with Crippen molar-refractivity contribution < 1.29 is 34.2 Å². The number of primary amides is 1. The van der Waals surface area contributed by atoms with Gasteiger partial charge in [-0.15, -0.1) is 11.8 Å². The van der Waals surface area contributed by atoms with Crippen LogP contribution in [-0.4, -0.2) is 61.7 Å². The van der Waals surface area contributed by atoms with Gasteiger partial charge in [0.15, 0.2) is 34.7 Å². The fourth-order valence-electron chi connectivity index (χ4n) is 5.95. The second-order valence-corrected chi connectivity index (χ2v) is 10.7. The van der Waals surface area contributed by atoms with Gasteiger partial charge in [0.2, 0.25) is 5.91 Å². The first-order valence-corrected chi connectivity index (χ1v) is 12.4. The Morgan fingerprint density at radius 3 is 2.60 bits per heavy atom. The van der Waals surface area contributed by atoms with Gasteiger partial charge < -0.3 is 15.9 Å². The summed E-state index contributed by atoms with van der Waals surface area (Å²) in [5.74, 6) is -10.0. The van der Waals surface area contributed by atoms with Crippen LogP contribution in [0.1, 0.15) is 41.3 Å². The second-order valence-electron chi connectivity index (χ2n) is 9.72. The molecular weight excluding hydrogens is 472 g/mol. The first kappa shape index (κ1) is 23.6. The van der Waals surface area contributed by atoms with E-state index in [4.69, 9.17) is 5.73 Å². The van der Waals surface area contributed by atoms with Gasteiger partial charge >= 0.3 is 0 Å². The van der Waals surface area contributed by atoms with E-state index < -0.39 is 58.3 Å². The lowest BCUT2D eigenvalue weighted by Crippen LogP contribution is -2.68. The molecule has 4 unspecified atom stereocenters. The number of hydrogen-bond acceptors (Lipinski definition) is 9. The van der Waals surface area contributed by atoms with Crippen LogP contribution in [0, 0.1) is 23.7 Å². The van der Waals surface area contributed by atoms with Gasteiger partial charge in [-0.3, -0.25) is 29.0 Å². The molecule has 3 aliphatic carbocycles. The minimum atomic E-state index is -2.63. The molecule has 182 valence electrons. The van der Waals surface area contributed by atoms with Gasteiger partial charge in [0.05, 0.1) is 28.3 Å². The van der Waals surface area contributed by atoms with E-state index in [1.54, 1.807) is 23.4 Å². The monoisotopic (exact) mass is 496 g/mol. The van der Waals surface area contributed by atoms with E-state index in [0.717, 1.165) is 5.56 Å². The highest BCUT2D eigenvalue weighted by molar-refractivity contribution is 8.13. The first-order valence-electron chi connectivity index (χ1n) is 11.4. The summed E-state index contributed by atoms with van der Waals surface area (Å²) in [7, 11) is 0. The van der Waals surface area contributed by atoms with Crippen LogP contribution in [0.15, 0.2) is 23.2 Å². The highest BCUT2D eigenvalue weighted by atomic mass is 32.2. The number of fused-ring (bicyclic) bond motifs is 3. The molecule has 0 aromatic heterocycles. The standard InChI is InChI=1S/C25H24N2O7S/c1-10-17(35-9-27-10)5-3-11-2-4-15(28)19-14(11)7-12-6-13-8-16(29)20(24(26)33)23(32)25(13,34)22(31)18(12)21(19)30/h2-5,9-10,12-13,17-18,20,28,34H,6-8H2,1H3,(H2,26,33)/b5-3+/t10?,12-,13+,17?,18?,20?,25+/m1/s1. The van der Waals surface area contributed by atoms with Crippen molar-refractivity contribution in [1.29, 1.82) is 0 Å². The molecule has 0 radical (unpaired) electrons. The van der Waals surface area contributed by atoms with E-state index in [-0.39, 0.29) is 41.9 Å². The molecule has 35 heavy (non-hydrogen) atoms. The predicted molar refractivity (Wildman–Crippen MR) is 127 cm³/mol. The molecule has 2 saturated carbocycles. The maximum atomic E-state index is 13.5. The van der Waals surface area contributed by atoms with Crippen LogP contribution in [-0.2, 0) is 25.6 Å². The van der Waals surface area contributed by atoms with E-state index in [1.165, 1.54) is 6.07 Å². The highest BCUT2D eigenvalue weighted by Gasteiger charge is 2.66. The molecule has 7 atom stereocenters. The number of ketones is 4. The van der Waals surface area contributed by atoms with Crippen molar-refractivity contribution in [1.82, 2.24) is 0 Å². The van der Waals surface area contributed by atoms with Crippen molar-refractivity contribution >= 4 is 52.4 Å². The summed E-state index contributed by atoms with van der Waals surface area (Å²) in [4.78, 5) is 68.5. The number of hydrogen-bond donors (Lipinski definition) is 3. The zero-order chi connectivity index (χ0) is 25.2. The zero-order valence-corrected chi connectivity index (χ0v) is 19.7.